The summed E-state index contributed by atoms with van der Waals surface area (Å²) in [5.74, 6) is -3.51. The summed E-state index contributed by atoms with van der Waals surface area (Å²) in [5.41, 5.74) is 5.12. The van der Waals surface area contributed by atoms with E-state index in [-0.39, 0.29) is 22.3 Å². The summed E-state index contributed by atoms with van der Waals surface area (Å²) >= 11 is 2.07. The summed E-state index contributed by atoms with van der Waals surface area (Å²) in [4.78, 5) is 43.1. The average Bonchev–Trinajstić information content (AvgIpc) is 3.05. The van der Waals surface area contributed by atoms with Gasteiger partial charge in [-0.1, -0.05) is 11.2 Å². The first-order valence-corrected chi connectivity index (χ1v) is 9.26. The summed E-state index contributed by atoms with van der Waals surface area (Å²) in [7, 11) is 0. The van der Waals surface area contributed by atoms with Crippen molar-refractivity contribution >= 4 is 57.5 Å². The van der Waals surface area contributed by atoms with Crippen LogP contribution in [0.3, 0.4) is 0 Å². The number of amides is 1. The van der Waals surface area contributed by atoms with Gasteiger partial charge in [-0.05, 0) is 12.5 Å². The van der Waals surface area contributed by atoms with Gasteiger partial charge in [0.15, 0.2) is 16.9 Å². The Labute approximate surface area is 160 Å². The molecule has 0 radical (unpaired) electrons. The minimum atomic E-state index is -1.55. The normalized spacial score (nSPS) is 20.0. The van der Waals surface area contributed by atoms with Crippen molar-refractivity contribution in [1.82, 2.24) is 10.3 Å². The molecule has 0 saturated carbocycles. The molecule has 13 heteroatoms. The van der Waals surface area contributed by atoms with E-state index in [1.54, 1.807) is 13.0 Å². The molecular weight excluding hydrogens is 398 g/mol. The maximum absolute atomic E-state index is 12.4. The number of rotatable bonds is 6. The van der Waals surface area contributed by atoms with Gasteiger partial charge in [0.1, 0.15) is 16.8 Å². The maximum Gasteiger partial charge on any atom is 0.354 e. The molecule has 1 aromatic heterocycles. The Hall–Kier alpha value is -2.93. The highest BCUT2D eigenvalue weighted by Crippen LogP contribution is 2.26. The van der Waals surface area contributed by atoms with Gasteiger partial charge in [0.2, 0.25) is 0 Å². The molecule has 6 N–H and O–H groups in total. The Morgan fingerprint density at radius 1 is 1.44 bits per heavy atom. The molecule has 0 unspecified atom stereocenters. The minimum absolute atomic E-state index is 0.0242. The standard InChI is InChI=1S/C14H15N5O6S2/c1-2-5-3-26-11(18-7(5)12(21)22)9(13(23)24)17-10(20)8(19-25)6-4-27-14(15)16-6/h2,4,9,11,25H,3H2,1H3,(H2,15,16)(H,17,20)(H,21,22)(H,23,24)/b5-2+,19-8-/t9-,11-/m1/s1. The predicted molar refractivity (Wildman–Crippen MR) is 99.5 cm³/mol. The number of anilines is 1. The third-order valence-electron chi connectivity index (χ3n) is 3.44. The second kappa shape index (κ2) is 8.64. The van der Waals surface area contributed by atoms with Crippen LogP contribution in [0.25, 0.3) is 0 Å². The zero-order chi connectivity index (χ0) is 20.1. The van der Waals surface area contributed by atoms with Gasteiger partial charge in [0, 0.05) is 11.1 Å². The largest absolute Gasteiger partial charge is 0.480 e. The lowest BCUT2D eigenvalue weighted by Gasteiger charge is -2.26. The van der Waals surface area contributed by atoms with Crippen LogP contribution >= 0.6 is 23.1 Å². The number of nitrogens with two attached hydrogens (primary N) is 1. The lowest BCUT2D eigenvalue weighted by atomic mass is 10.1. The fourth-order valence-corrected chi connectivity index (χ4v) is 3.91. The number of allylic oxidation sites excluding steroid dienone is 1. The van der Waals surface area contributed by atoms with Crippen molar-refractivity contribution in [2.24, 2.45) is 10.1 Å². The number of aliphatic carboxylic acids is 2. The number of thiazole rings is 1. The van der Waals surface area contributed by atoms with Crippen molar-refractivity contribution < 1.29 is 29.8 Å². The monoisotopic (exact) mass is 413 g/mol. The highest BCUT2D eigenvalue weighted by Gasteiger charge is 2.36. The summed E-state index contributed by atoms with van der Waals surface area (Å²) in [6.45, 7) is 1.65. The maximum atomic E-state index is 12.4. The van der Waals surface area contributed by atoms with Crippen LogP contribution in [-0.4, -0.2) is 66.8 Å². The summed E-state index contributed by atoms with van der Waals surface area (Å²) < 4.78 is 0. The molecule has 1 aliphatic rings. The lowest BCUT2D eigenvalue weighted by Crippen LogP contribution is -2.50. The molecule has 1 amide bonds. The predicted octanol–water partition coefficient (Wildman–Crippen LogP) is 0.0178. The highest BCUT2D eigenvalue weighted by molar-refractivity contribution is 8.00. The van der Waals surface area contributed by atoms with E-state index < -0.39 is 35.0 Å². The van der Waals surface area contributed by atoms with Crippen LogP contribution < -0.4 is 11.1 Å². The first-order chi connectivity index (χ1) is 12.8. The van der Waals surface area contributed by atoms with Crippen molar-refractivity contribution in [1.29, 1.82) is 0 Å². The van der Waals surface area contributed by atoms with Crippen molar-refractivity contribution in [3.63, 3.8) is 0 Å². The van der Waals surface area contributed by atoms with Gasteiger partial charge in [-0.2, -0.15) is 0 Å². The second-order valence-corrected chi connectivity index (χ2v) is 7.10. The van der Waals surface area contributed by atoms with E-state index in [2.05, 4.69) is 20.4 Å². The number of thioether (sulfide) groups is 1. The fourth-order valence-electron chi connectivity index (χ4n) is 2.15. The molecule has 27 heavy (non-hydrogen) atoms. The van der Waals surface area contributed by atoms with Crippen molar-refractivity contribution in [3.05, 3.63) is 22.7 Å². The second-order valence-electron chi connectivity index (χ2n) is 5.11. The van der Waals surface area contributed by atoms with E-state index in [9.17, 15) is 24.6 Å². The molecule has 0 saturated heterocycles. The molecule has 2 rings (SSSR count). The third-order valence-corrected chi connectivity index (χ3v) is 5.31. The first-order valence-electron chi connectivity index (χ1n) is 7.33. The summed E-state index contributed by atoms with van der Waals surface area (Å²) in [6.07, 6.45) is 1.58. The van der Waals surface area contributed by atoms with Crippen LogP contribution in [-0.2, 0) is 14.4 Å². The number of aromatic nitrogens is 1. The Kier molecular flexibility index (Phi) is 6.52. The number of nitrogen functional groups attached to an aromatic ring is 1. The average molecular weight is 413 g/mol. The molecule has 11 nitrogen and oxygen atoms in total. The van der Waals surface area contributed by atoms with Gasteiger partial charge in [-0.25, -0.2) is 14.6 Å². The number of oxime groups is 1. The number of carboxylic acid groups (broad SMARTS) is 2. The molecular formula is C14H15N5O6S2. The van der Waals surface area contributed by atoms with Crippen LogP contribution in [0, 0.1) is 0 Å². The molecule has 1 aromatic rings. The van der Waals surface area contributed by atoms with Gasteiger partial charge in [-0.15, -0.1) is 23.1 Å². The first kappa shape index (κ1) is 20.4. The van der Waals surface area contributed by atoms with Gasteiger partial charge in [-0.3, -0.25) is 9.79 Å². The number of hydrogen-bond donors (Lipinski definition) is 5. The number of nitrogens with one attached hydrogen (secondary N) is 1. The molecule has 0 bridgehead atoms. The Bertz CT molecular complexity index is 862. The van der Waals surface area contributed by atoms with Gasteiger partial charge in [0.05, 0.1) is 0 Å². The summed E-state index contributed by atoms with van der Waals surface area (Å²) in [5, 5.41) is 33.3. The van der Waals surface area contributed by atoms with Crippen molar-refractivity contribution in [2.75, 3.05) is 11.5 Å². The highest BCUT2D eigenvalue weighted by atomic mass is 32.2. The zero-order valence-corrected chi connectivity index (χ0v) is 15.5. The van der Waals surface area contributed by atoms with E-state index >= 15 is 0 Å². The number of carbonyl (C=O) groups is 3. The topological polar surface area (TPSA) is 188 Å². The molecule has 0 aromatic carbocycles. The SMILES string of the molecule is C/C=C1\CS[C@H]([C@@H](NC(=O)/C(=N\O)c2csc(N)n2)C(=O)O)N=C1C(=O)O. The Morgan fingerprint density at radius 3 is 2.63 bits per heavy atom. The third kappa shape index (κ3) is 4.62. The Balaban J connectivity index is 2.28. The van der Waals surface area contributed by atoms with Crippen LogP contribution in [0.2, 0.25) is 0 Å². The Morgan fingerprint density at radius 2 is 2.15 bits per heavy atom. The van der Waals surface area contributed by atoms with Crippen molar-refractivity contribution in [3.8, 4) is 0 Å². The number of hydrogen-bond acceptors (Lipinski definition) is 10. The van der Waals surface area contributed by atoms with E-state index in [1.165, 1.54) is 5.38 Å². The molecule has 144 valence electrons. The van der Waals surface area contributed by atoms with E-state index in [0.29, 0.717) is 5.57 Å². The summed E-state index contributed by atoms with van der Waals surface area (Å²) in [6, 6.07) is -1.55. The quantitative estimate of drug-likeness (QED) is 0.243. The number of aliphatic imine (C=N–C) groups is 1. The molecule has 2 atom stereocenters. The lowest BCUT2D eigenvalue weighted by molar-refractivity contribution is -0.141. The van der Waals surface area contributed by atoms with Crippen LogP contribution in [0.1, 0.15) is 12.6 Å². The van der Waals surface area contributed by atoms with Gasteiger partial charge < -0.3 is 26.5 Å². The van der Waals surface area contributed by atoms with Crippen molar-refractivity contribution in [2.45, 2.75) is 18.3 Å². The van der Waals surface area contributed by atoms with Crippen LogP contribution in [0.15, 0.2) is 27.2 Å². The number of carbonyl (C=O) groups excluding carboxylic acids is 1. The van der Waals surface area contributed by atoms with Crippen LogP contribution in [0.4, 0.5) is 5.13 Å². The molecule has 0 spiro atoms. The molecule has 2 heterocycles. The zero-order valence-electron chi connectivity index (χ0n) is 13.8. The number of nitrogens with zero attached hydrogens (tertiary/aromatic N) is 3. The van der Waals surface area contributed by atoms with Crippen LogP contribution in [0.5, 0.6) is 0 Å². The minimum Gasteiger partial charge on any atom is -0.480 e. The molecule has 0 fully saturated rings. The number of carboxylic acids is 2. The fraction of sp³-hybridized carbons (Fsp3) is 0.286. The van der Waals surface area contributed by atoms with Gasteiger partial charge in [0.25, 0.3) is 5.91 Å². The molecule has 1 aliphatic heterocycles. The van der Waals surface area contributed by atoms with E-state index in [1.807, 2.05) is 0 Å². The molecule has 0 aliphatic carbocycles. The van der Waals surface area contributed by atoms with E-state index in [4.69, 9.17) is 10.9 Å². The smallest absolute Gasteiger partial charge is 0.354 e. The van der Waals surface area contributed by atoms with Gasteiger partial charge >= 0.3 is 11.9 Å². The van der Waals surface area contributed by atoms with E-state index in [0.717, 1.165) is 23.1 Å².